The van der Waals surface area contributed by atoms with Gasteiger partial charge in [0.05, 0.1) is 10.6 Å². The van der Waals surface area contributed by atoms with Crippen LogP contribution in [0.15, 0.2) is 95.9 Å². The quantitative estimate of drug-likeness (QED) is 0.175. The lowest BCUT2D eigenvalue weighted by atomic mass is 10.0. The van der Waals surface area contributed by atoms with Crippen LogP contribution in [0.5, 0.6) is 0 Å². The zero-order valence-corrected chi connectivity index (χ0v) is 29.9. The van der Waals surface area contributed by atoms with E-state index in [2.05, 4.69) is 5.32 Å². The van der Waals surface area contributed by atoms with Gasteiger partial charge in [-0.05, 0) is 94.6 Å². The number of aryl methyl sites for hydroxylation is 3. The summed E-state index contributed by atoms with van der Waals surface area (Å²) in [5.41, 5.74) is 3.57. The maximum absolute atomic E-state index is 14.7. The van der Waals surface area contributed by atoms with Gasteiger partial charge in [0.25, 0.3) is 10.0 Å². The van der Waals surface area contributed by atoms with Crippen molar-refractivity contribution in [2.24, 2.45) is 0 Å². The number of hydrogen-bond acceptors (Lipinski definition) is 4. The lowest BCUT2D eigenvalue weighted by Gasteiger charge is -2.35. The highest BCUT2D eigenvalue weighted by Gasteiger charge is 2.36. The van der Waals surface area contributed by atoms with E-state index in [4.69, 9.17) is 23.2 Å². The largest absolute Gasteiger partial charge is 0.350 e. The van der Waals surface area contributed by atoms with E-state index in [-0.39, 0.29) is 17.9 Å². The highest BCUT2D eigenvalue weighted by Crippen LogP contribution is 2.30. The van der Waals surface area contributed by atoms with Crippen LogP contribution in [0.4, 0.5) is 5.69 Å². The predicted octanol–water partition coefficient (Wildman–Crippen LogP) is 7.67. The Labute approximate surface area is 288 Å². The molecule has 0 spiro atoms. The molecule has 4 aromatic rings. The molecule has 0 aromatic heterocycles. The van der Waals surface area contributed by atoms with Crippen LogP contribution >= 0.6 is 23.2 Å². The van der Waals surface area contributed by atoms with E-state index in [9.17, 15) is 18.0 Å². The Kier molecular flexibility index (Phi) is 11.4. The minimum Gasteiger partial charge on any atom is -0.350 e. The fraction of sp³-hybridized carbons (Fsp3) is 0.297. The summed E-state index contributed by atoms with van der Waals surface area (Å²) in [5.74, 6) is -0.988. The first-order valence-electron chi connectivity index (χ1n) is 15.3. The van der Waals surface area contributed by atoms with Gasteiger partial charge in [-0.1, -0.05) is 83.4 Å². The summed E-state index contributed by atoms with van der Waals surface area (Å²) in [6, 6.07) is 25.2. The third-order valence-corrected chi connectivity index (χ3v) is 10.0. The van der Waals surface area contributed by atoms with Gasteiger partial charge >= 0.3 is 0 Å². The summed E-state index contributed by atoms with van der Waals surface area (Å²) < 4.78 is 29.7. The van der Waals surface area contributed by atoms with Crippen LogP contribution < -0.4 is 9.62 Å². The maximum atomic E-state index is 14.7. The Morgan fingerprint density at radius 3 is 1.91 bits per heavy atom. The van der Waals surface area contributed by atoms with Crippen LogP contribution in [-0.2, 0) is 32.6 Å². The van der Waals surface area contributed by atoms with Crippen molar-refractivity contribution >= 4 is 50.7 Å². The number of halogens is 2. The van der Waals surface area contributed by atoms with Crippen molar-refractivity contribution in [3.8, 4) is 0 Å². The van der Waals surface area contributed by atoms with Crippen LogP contribution in [-0.4, -0.2) is 43.3 Å². The number of carbonyl (C=O) groups excluding carboxylic acids is 2. The molecule has 4 aromatic carbocycles. The number of amides is 2. The molecule has 0 bridgehead atoms. The lowest BCUT2D eigenvalue weighted by molar-refractivity contribution is -0.140. The molecule has 2 amide bonds. The smallest absolute Gasteiger partial charge is 0.264 e. The van der Waals surface area contributed by atoms with Crippen LogP contribution in [0.25, 0.3) is 0 Å². The second-order valence-corrected chi connectivity index (χ2v) is 15.5. The van der Waals surface area contributed by atoms with Gasteiger partial charge in [0.2, 0.25) is 11.8 Å². The molecule has 248 valence electrons. The Morgan fingerprint density at radius 2 is 1.36 bits per heavy atom. The summed E-state index contributed by atoms with van der Waals surface area (Å²) in [6.45, 7) is 10.5. The summed E-state index contributed by atoms with van der Waals surface area (Å²) in [7, 11) is -4.22. The number of carbonyl (C=O) groups is 2. The number of nitrogens with one attached hydrogen (secondary N) is 1. The Balaban J connectivity index is 1.88. The minimum atomic E-state index is -4.22. The monoisotopic (exact) mass is 693 g/mol. The molecular formula is C37H41Cl2N3O4S. The van der Waals surface area contributed by atoms with Crippen molar-refractivity contribution in [2.75, 3.05) is 10.8 Å². The number of benzene rings is 4. The summed E-state index contributed by atoms with van der Waals surface area (Å²) >= 11 is 13.2. The fourth-order valence-corrected chi connectivity index (χ4v) is 7.24. The Morgan fingerprint density at radius 1 is 0.787 bits per heavy atom. The Hall–Kier alpha value is -3.85. The minimum absolute atomic E-state index is 0.0436. The number of nitrogens with zero attached hydrogens (tertiary/aromatic N) is 2. The van der Waals surface area contributed by atoms with Gasteiger partial charge in [0.15, 0.2) is 0 Å². The third-order valence-electron chi connectivity index (χ3n) is 7.54. The molecule has 1 atom stereocenters. The molecule has 7 nitrogen and oxygen atoms in total. The van der Waals surface area contributed by atoms with E-state index < -0.39 is 40.0 Å². The molecule has 0 saturated heterocycles. The van der Waals surface area contributed by atoms with Gasteiger partial charge < -0.3 is 10.2 Å². The van der Waals surface area contributed by atoms with Crippen molar-refractivity contribution in [2.45, 2.75) is 71.0 Å². The van der Waals surface area contributed by atoms with Gasteiger partial charge in [0, 0.05) is 34.1 Å². The van der Waals surface area contributed by atoms with Crippen molar-refractivity contribution in [3.63, 3.8) is 0 Å². The van der Waals surface area contributed by atoms with Crippen LogP contribution in [0.3, 0.4) is 0 Å². The first-order chi connectivity index (χ1) is 22.0. The van der Waals surface area contributed by atoms with Crippen LogP contribution in [0, 0.1) is 20.8 Å². The van der Waals surface area contributed by atoms with Gasteiger partial charge in [-0.3, -0.25) is 13.9 Å². The van der Waals surface area contributed by atoms with E-state index >= 15 is 0 Å². The zero-order valence-electron chi connectivity index (χ0n) is 27.6. The van der Waals surface area contributed by atoms with Crippen molar-refractivity contribution in [3.05, 3.63) is 129 Å². The van der Waals surface area contributed by atoms with Gasteiger partial charge in [0.1, 0.15) is 12.6 Å². The maximum Gasteiger partial charge on any atom is 0.264 e. The molecule has 0 saturated carbocycles. The molecule has 10 heteroatoms. The normalized spacial score (nSPS) is 12.3. The molecule has 0 aliphatic heterocycles. The summed E-state index contributed by atoms with van der Waals surface area (Å²) in [4.78, 5) is 30.2. The molecule has 1 unspecified atom stereocenters. The fourth-order valence-electron chi connectivity index (χ4n) is 5.32. The highest BCUT2D eigenvalue weighted by atomic mass is 35.5. The van der Waals surface area contributed by atoms with Crippen molar-refractivity contribution in [1.29, 1.82) is 0 Å². The molecule has 47 heavy (non-hydrogen) atoms. The molecule has 0 aliphatic rings. The second kappa shape index (κ2) is 14.9. The number of sulfonamides is 1. The van der Waals surface area contributed by atoms with Gasteiger partial charge in [-0.15, -0.1) is 0 Å². The summed E-state index contributed by atoms with van der Waals surface area (Å²) in [5, 5.41) is 3.67. The zero-order chi connectivity index (χ0) is 34.5. The van der Waals surface area contributed by atoms with E-state index in [1.807, 2.05) is 77.9 Å². The SMILES string of the molecule is Cc1ccc(S(=O)(=O)N(CC(=O)N(Cc2c(Cl)cccc2Cl)C(Cc2ccccc2)C(=O)NC(C)(C)C)c2cc(C)cc(C)c2)cc1. The molecular weight excluding hydrogens is 653 g/mol. The topological polar surface area (TPSA) is 86.8 Å². The van der Waals surface area contributed by atoms with E-state index in [0.29, 0.717) is 21.3 Å². The average Bonchev–Trinajstić information content (AvgIpc) is 2.98. The van der Waals surface area contributed by atoms with E-state index in [0.717, 1.165) is 26.6 Å². The van der Waals surface area contributed by atoms with Crippen LogP contribution in [0.2, 0.25) is 10.0 Å². The predicted molar refractivity (Wildman–Crippen MR) is 190 cm³/mol. The van der Waals surface area contributed by atoms with Gasteiger partial charge in [-0.2, -0.15) is 0 Å². The standard InChI is InChI=1S/C37H41Cl2N3O4S/c1-25-15-17-30(18-16-25)47(45,46)42(29-20-26(2)19-27(3)21-29)24-35(43)41(23-31-32(38)13-10-14-33(31)39)34(36(44)40-37(4,5)6)22-28-11-8-7-9-12-28/h7-21,34H,22-24H2,1-6H3,(H,40,44). The molecule has 4 rings (SSSR count). The average molecular weight is 695 g/mol. The third kappa shape index (κ3) is 9.37. The van der Waals surface area contributed by atoms with Crippen molar-refractivity contribution < 1.29 is 18.0 Å². The molecule has 0 radical (unpaired) electrons. The highest BCUT2D eigenvalue weighted by molar-refractivity contribution is 7.92. The summed E-state index contributed by atoms with van der Waals surface area (Å²) in [6.07, 6.45) is 0.171. The van der Waals surface area contributed by atoms with Crippen molar-refractivity contribution in [1.82, 2.24) is 10.2 Å². The number of anilines is 1. The number of hydrogen-bond donors (Lipinski definition) is 1. The van der Waals surface area contributed by atoms with E-state index in [1.165, 1.54) is 17.0 Å². The first-order valence-corrected chi connectivity index (χ1v) is 17.5. The van der Waals surface area contributed by atoms with E-state index in [1.54, 1.807) is 42.5 Å². The number of rotatable bonds is 11. The molecule has 0 aliphatic carbocycles. The molecule has 1 N–H and O–H groups in total. The first kappa shape index (κ1) is 36.0. The second-order valence-electron chi connectivity index (χ2n) is 12.8. The lowest BCUT2D eigenvalue weighted by Crippen LogP contribution is -2.56. The van der Waals surface area contributed by atoms with Crippen LogP contribution in [0.1, 0.15) is 48.6 Å². The molecule has 0 fully saturated rings. The Bertz CT molecular complexity index is 1800. The van der Waals surface area contributed by atoms with Gasteiger partial charge in [-0.25, -0.2) is 8.42 Å². The molecule has 0 heterocycles.